The van der Waals surface area contributed by atoms with Gasteiger partial charge in [-0.2, -0.15) is 12.7 Å². The number of methoxy groups -OCH3 is 1. The number of alkyl halides is 3. The molecule has 2 atom stereocenters. The molecule has 0 spiro atoms. The van der Waals surface area contributed by atoms with Crippen LogP contribution in [0.3, 0.4) is 0 Å². The van der Waals surface area contributed by atoms with E-state index in [4.69, 9.17) is 9.47 Å². The van der Waals surface area contributed by atoms with Gasteiger partial charge in [0.1, 0.15) is 30.2 Å². The molecule has 2 aliphatic rings. The van der Waals surface area contributed by atoms with Crippen molar-refractivity contribution in [3.05, 3.63) is 54.5 Å². The van der Waals surface area contributed by atoms with Crippen LogP contribution in [0, 0.1) is 5.82 Å². The third-order valence-electron chi connectivity index (χ3n) is 6.43. The van der Waals surface area contributed by atoms with E-state index in [1.54, 1.807) is 0 Å². The Hall–Kier alpha value is -3.89. The van der Waals surface area contributed by atoms with Gasteiger partial charge in [0.15, 0.2) is 5.82 Å². The van der Waals surface area contributed by atoms with E-state index in [0.717, 1.165) is 22.5 Å². The van der Waals surface area contributed by atoms with Gasteiger partial charge in [-0.05, 0) is 30.2 Å². The maximum Gasteiger partial charge on any atom is 0.573 e. The van der Waals surface area contributed by atoms with Crippen LogP contribution in [-0.2, 0) is 19.7 Å². The fourth-order valence-electron chi connectivity index (χ4n) is 4.74. The highest BCUT2D eigenvalue weighted by Gasteiger charge is 2.44. The quantitative estimate of drug-likeness (QED) is 0.417. The topological polar surface area (TPSA) is 123 Å². The van der Waals surface area contributed by atoms with Gasteiger partial charge in [0.25, 0.3) is 5.91 Å². The number of nitrogens with one attached hydrogen (secondary N) is 1. The Morgan fingerprint density at radius 1 is 1.18 bits per heavy atom. The summed E-state index contributed by atoms with van der Waals surface area (Å²) < 4.78 is 102. The van der Waals surface area contributed by atoms with Crippen LogP contribution in [0.2, 0.25) is 0 Å². The molecule has 2 aromatic carbocycles. The number of carbonyl (C=O) groups excluding carboxylic acids is 1. The summed E-state index contributed by atoms with van der Waals surface area (Å²) in [5.41, 5.74) is 0.0884. The van der Waals surface area contributed by atoms with Gasteiger partial charge < -0.3 is 23.6 Å². The van der Waals surface area contributed by atoms with E-state index in [1.807, 2.05) is 0 Å². The Morgan fingerprint density at radius 3 is 2.67 bits per heavy atom. The molecule has 0 unspecified atom stereocenters. The van der Waals surface area contributed by atoms with Crippen LogP contribution in [0.15, 0.2) is 53.3 Å². The van der Waals surface area contributed by atoms with Crippen molar-refractivity contribution in [1.82, 2.24) is 9.46 Å². The van der Waals surface area contributed by atoms with Gasteiger partial charge in [-0.3, -0.25) is 9.52 Å². The molecule has 0 radical (unpaired) electrons. The molecule has 2 fully saturated rings. The van der Waals surface area contributed by atoms with Crippen molar-refractivity contribution in [1.29, 1.82) is 0 Å². The summed E-state index contributed by atoms with van der Waals surface area (Å²) in [5, 5.41) is 3.53. The highest BCUT2D eigenvalue weighted by Crippen LogP contribution is 2.40. The molecule has 16 heteroatoms. The summed E-state index contributed by atoms with van der Waals surface area (Å²) in [5.74, 6) is -1.77. The van der Waals surface area contributed by atoms with E-state index in [2.05, 4.69) is 19.1 Å². The van der Waals surface area contributed by atoms with Gasteiger partial charge in [-0.1, -0.05) is 17.3 Å². The lowest BCUT2D eigenvalue weighted by Crippen LogP contribution is -2.62. The normalized spacial score (nSPS) is 20.2. The molecular weight excluding hydrogens is 564 g/mol. The van der Waals surface area contributed by atoms with Crippen molar-refractivity contribution in [3.8, 4) is 22.6 Å². The van der Waals surface area contributed by atoms with Gasteiger partial charge in [0.05, 0.1) is 24.9 Å². The smallest absolute Gasteiger partial charge is 0.495 e. The summed E-state index contributed by atoms with van der Waals surface area (Å²) in [7, 11) is -2.71. The fourth-order valence-corrected chi connectivity index (χ4v) is 5.93. The summed E-state index contributed by atoms with van der Waals surface area (Å²) in [6, 6.07) is 7.82. The van der Waals surface area contributed by atoms with Crippen LogP contribution in [0.1, 0.15) is 6.42 Å². The zero-order valence-electron chi connectivity index (χ0n) is 20.7. The first-order valence-electron chi connectivity index (χ1n) is 11.8. The lowest BCUT2D eigenvalue weighted by molar-refractivity contribution is -0.274. The Labute approximate surface area is 225 Å². The number of morpholine rings is 1. The molecule has 11 nitrogen and oxygen atoms in total. The van der Waals surface area contributed by atoms with Crippen LogP contribution in [0.25, 0.3) is 11.1 Å². The number of anilines is 2. The van der Waals surface area contributed by atoms with E-state index < -0.39 is 52.8 Å². The molecule has 3 heterocycles. The van der Waals surface area contributed by atoms with E-state index >= 15 is 4.39 Å². The summed E-state index contributed by atoms with van der Waals surface area (Å²) in [4.78, 5) is 14.3. The Morgan fingerprint density at radius 2 is 1.98 bits per heavy atom. The molecule has 40 heavy (non-hydrogen) atoms. The maximum atomic E-state index is 15.4. The molecule has 0 bridgehead atoms. The minimum Gasteiger partial charge on any atom is -0.495 e. The van der Waals surface area contributed by atoms with Crippen LogP contribution in [0.4, 0.5) is 29.1 Å². The van der Waals surface area contributed by atoms with Crippen molar-refractivity contribution >= 4 is 27.6 Å². The molecule has 0 saturated carbocycles. The first kappa shape index (κ1) is 27.7. The van der Waals surface area contributed by atoms with Crippen molar-refractivity contribution in [3.63, 3.8) is 0 Å². The van der Waals surface area contributed by atoms with Crippen LogP contribution in [-0.4, -0.2) is 69.1 Å². The largest absolute Gasteiger partial charge is 0.573 e. The van der Waals surface area contributed by atoms with Crippen LogP contribution < -0.4 is 19.1 Å². The second-order valence-electron chi connectivity index (χ2n) is 8.90. The average molecular weight is 587 g/mol. The highest BCUT2D eigenvalue weighted by atomic mass is 32.2. The standard InChI is InChI=1S/C24H22F4N4O7S/c1-36-20-10-16(14-3-2-4-15(9-14)39-24(26,27)28)17(25)11-19(20)32-18-5-7-31(12-21(18)37-13-23(32)33)40(34,35)30-22-6-8-38-29-22/h2-4,6,8-11,18,21H,5,7,12-13H2,1H3,(H,29,30)/t18-,21-/m1/s1. The predicted molar refractivity (Wildman–Crippen MR) is 131 cm³/mol. The van der Waals surface area contributed by atoms with E-state index in [1.165, 1.54) is 42.5 Å². The number of piperidine rings is 1. The summed E-state index contributed by atoms with van der Waals surface area (Å²) in [6.07, 6.45) is -4.31. The van der Waals surface area contributed by atoms with Crippen molar-refractivity contribution in [2.45, 2.75) is 24.9 Å². The van der Waals surface area contributed by atoms with Gasteiger partial charge in [-0.25, -0.2) is 4.39 Å². The second kappa shape index (κ2) is 10.6. The van der Waals surface area contributed by atoms with Crippen LogP contribution >= 0.6 is 0 Å². The van der Waals surface area contributed by atoms with Gasteiger partial charge >= 0.3 is 16.6 Å². The molecule has 214 valence electrons. The maximum absolute atomic E-state index is 15.4. The zero-order chi connectivity index (χ0) is 28.7. The number of amides is 1. The van der Waals surface area contributed by atoms with Gasteiger partial charge in [0.2, 0.25) is 0 Å². The summed E-state index contributed by atoms with van der Waals surface area (Å²) >= 11 is 0. The second-order valence-corrected chi connectivity index (χ2v) is 10.6. The molecule has 2 aliphatic heterocycles. The summed E-state index contributed by atoms with van der Waals surface area (Å²) in [6.45, 7) is -0.484. The predicted octanol–water partition coefficient (Wildman–Crippen LogP) is 3.55. The molecule has 2 saturated heterocycles. The number of carbonyl (C=O) groups is 1. The first-order valence-corrected chi connectivity index (χ1v) is 13.2. The van der Waals surface area contributed by atoms with Crippen molar-refractivity contribution in [2.75, 3.05) is 36.4 Å². The number of aromatic nitrogens is 1. The average Bonchev–Trinajstić information content (AvgIpc) is 3.40. The number of benzene rings is 2. The number of halogens is 4. The lowest BCUT2D eigenvalue weighted by atomic mass is 9.97. The molecule has 1 aromatic heterocycles. The number of hydrogen-bond acceptors (Lipinski definition) is 8. The minimum absolute atomic E-state index is 0.000651. The Kier molecular flexibility index (Phi) is 7.32. The minimum atomic E-state index is -4.92. The van der Waals surface area contributed by atoms with Crippen LogP contribution in [0.5, 0.6) is 11.5 Å². The van der Waals surface area contributed by atoms with Crippen molar-refractivity contribution in [2.24, 2.45) is 0 Å². The third-order valence-corrected chi connectivity index (χ3v) is 7.90. The van der Waals surface area contributed by atoms with E-state index in [-0.39, 0.29) is 47.9 Å². The molecular formula is C24H22F4N4O7S. The number of rotatable bonds is 7. The molecule has 5 rings (SSSR count). The first-order chi connectivity index (χ1) is 18.9. The van der Waals surface area contributed by atoms with Gasteiger partial charge in [-0.15, -0.1) is 13.2 Å². The zero-order valence-corrected chi connectivity index (χ0v) is 21.5. The monoisotopic (exact) mass is 586 g/mol. The number of hydrogen-bond donors (Lipinski definition) is 1. The SMILES string of the molecule is COc1cc(-c2cccc(OC(F)(F)F)c2)c(F)cc1N1C(=O)CO[C@@H]2CN(S(=O)(=O)Nc3ccon3)CC[C@H]21. The van der Waals surface area contributed by atoms with E-state index in [0.29, 0.717) is 0 Å². The fraction of sp³-hybridized carbons (Fsp3) is 0.333. The number of fused-ring (bicyclic) bond motifs is 1. The third kappa shape index (κ3) is 5.68. The van der Waals surface area contributed by atoms with E-state index in [9.17, 15) is 26.4 Å². The number of ether oxygens (including phenoxy) is 3. The highest BCUT2D eigenvalue weighted by molar-refractivity contribution is 7.90. The van der Waals surface area contributed by atoms with Crippen molar-refractivity contribution < 1.29 is 49.5 Å². The molecule has 0 aliphatic carbocycles. The van der Waals surface area contributed by atoms with Gasteiger partial charge in [0, 0.05) is 30.8 Å². The Balaban J connectivity index is 1.42. The molecule has 1 amide bonds. The molecule has 3 aromatic rings. The Bertz CT molecular complexity index is 1500. The molecule has 1 N–H and O–H groups in total. The lowest BCUT2D eigenvalue weighted by Gasteiger charge is -2.46. The number of nitrogens with zero attached hydrogens (tertiary/aromatic N) is 3.